The van der Waals surface area contributed by atoms with Crippen LogP contribution in [0, 0.1) is 5.92 Å². The molecule has 0 aliphatic heterocycles. The molecular formula is C16H20O. The fourth-order valence-electron chi connectivity index (χ4n) is 2.88. The third kappa shape index (κ3) is 1.57. The molecule has 1 nitrogen and oxygen atoms in total. The van der Waals surface area contributed by atoms with E-state index in [1.54, 1.807) is 6.08 Å². The fraction of sp³-hybridized carbons (Fsp3) is 0.375. The highest BCUT2D eigenvalue weighted by atomic mass is 16.3. The monoisotopic (exact) mass is 228 g/mol. The minimum atomic E-state index is -0.864. The van der Waals surface area contributed by atoms with Crippen LogP contribution in [0.1, 0.15) is 26.7 Å². The predicted molar refractivity (Wildman–Crippen MR) is 72.6 cm³/mol. The van der Waals surface area contributed by atoms with E-state index in [9.17, 15) is 5.11 Å². The van der Waals surface area contributed by atoms with Gasteiger partial charge in [-0.3, -0.25) is 0 Å². The van der Waals surface area contributed by atoms with E-state index in [0.717, 1.165) is 28.7 Å². The van der Waals surface area contributed by atoms with Crippen molar-refractivity contribution in [2.24, 2.45) is 5.92 Å². The van der Waals surface area contributed by atoms with Crippen molar-refractivity contribution >= 4 is 0 Å². The van der Waals surface area contributed by atoms with Crippen LogP contribution in [-0.4, -0.2) is 10.7 Å². The van der Waals surface area contributed by atoms with Crippen LogP contribution in [0.25, 0.3) is 0 Å². The molecule has 1 heteroatoms. The molecule has 0 aromatic carbocycles. The molecule has 0 bridgehead atoms. The van der Waals surface area contributed by atoms with E-state index in [0.29, 0.717) is 12.3 Å². The Kier molecular flexibility index (Phi) is 2.96. The average Bonchev–Trinajstić information content (AvgIpc) is 2.57. The third-order valence-corrected chi connectivity index (χ3v) is 3.83. The van der Waals surface area contributed by atoms with Crippen LogP contribution in [-0.2, 0) is 0 Å². The van der Waals surface area contributed by atoms with Gasteiger partial charge in [-0.1, -0.05) is 51.3 Å². The molecule has 17 heavy (non-hydrogen) atoms. The molecule has 2 atom stereocenters. The summed E-state index contributed by atoms with van der Waals surface area (Å²) in [5.41, 5.74) is 3.28. The van der Waals surface area contributed by atoms with E-state index in [1.165, 1.54) is 0 Å². The number of aliphatic hydroxyl groups is 1. The molecule has 2 unspecified atom stereocenters. The number of fused-ring (bicyclic) bond motifs is 1. The Bertz CT molecular complexity index is 462. The van der Waals surface area contributed by atoms with Gasteiger partial charge in [0.25, 0.3) is 0 Å². The maximum absolute atomic E-state index is 10.9. The van der Waals surface area contributed by atoms with E-state index in [1.807, 2.05) is 13.0 Å². The Labute approximate surface area is 104 Å². The molecule has 90 valence electrons. The highest BCUT2D eigenvalue weighted by Gasteiger charge is 2.43. The zero-order valence-electron chi connectivity index (χ0n) is 10.7. The summed E-state index contributed by atoms with van der Waals surface area (Å²) in [6, 6.07) is 0. The van der Waals surface area contributed by atoms with E-state index in [-0.39, 0.29) is 0 Å². The minimum absolute atomic E-state index is 0.522. The first-order valence-corrected chi connectivity index (χ1v) is 6.23. The molecule has 0 aromatic rings. The Morgan fingerprint density at radius 3 is 2.71 bits per heavy atom. The fourth-order valence-corrected chi connectivity index (χ4v) is 2.88. The van der Waals surface area contributed by atoms with Crippen molar-refractivity contribution < 1.29 is 5.11 Å². The largest absolute Gasteiger partial charge is 0.380 e. The van der Waals surface area contributed by atoms with Gasteiger partial charge in [-0.05, 0) is 41.1 Å². The summed E-state index contributed by atoms with van der Waals surface area (Å²) < 4.78 is 0. The lowest BCUT2D eigenvalue weighted by Gasteiger charge is -2.28. The molecule has 0 amide bonds. The summed E-state index contributed by atoms with van der Waals surface area (Å²) >= 11 is 0. The quantitative estimate of drug-likeness (QED) is 0.781. The normalized spacial score (nSPS) is 31.8. The van der Waals surface area contributed by atoms with Crippen molar-refractivity contribution in [3.63, 3.8) is 0 Å². The second kappa shape index (κ2) is 4.15. The van der Waals surface area contributed by atoms with Crippen molar-refractivity contribution in [1.29, 1.82) is 0 Å². The topological polar surface area (TPSA) is 20.2 Å². The van der Waals surface area contributed by atoms with E-state index in [2.05, 4.69) is 32.2 Å². The van der Waals surface area contributed by atoms with Gasteiger partial charge in [-0.2, -0.15) is 0 Å². The zero-order valence-corrected chi connectivity index (χ0v) is 10.7. The second-order valence-corrected chi connectivity index (χ2v) is 4.86. The third-order valence-electron chi connectivity index (χ3n) is 3.83. The first kappa shape index (κ1) is 12.1. The SMILES string of the molecule is C=CC1=C(C=C)C(O)(CC)C2=CCC(C)C=C21. The van der Waals surface area contributed by atoms with Gasteiger partial charge in [0.05, 0.1) is 0 Å². The zero-order chi connectivity index (χ0) is 12.6. The van der Waals surface area contributed by atoms with Crippen LogP contribution >= 0.6 is 0 Å². The van der Waals surface area contributed by atoms with Crippen molar-refractivity contribution in [1.82, 2.24) is 0 Å². The van der Waals surface area contributed by atoms with Crippen LogP contribution in [0.5, 0.6) is 0 Å². The first-order valence-electron chi connectivity index (χ1n) is 6.23. The molecule has 0 fully saturated rings. The number of hydrogen-bond acceptors (Lipinski definition) is 1. The lowest BCUT2D eigenvalue weighted by Crippen LogP contribution is -2.29. The van der Waals surface area contributed by atoms with Gasteiger partial charge in [0.2, 0.25) is 0 Å². The molecule has 0 aromatic heterocycles. The number of hydrogen-bond donors (Lipinski definition) is 1. The number of allylic oxidation sites excluding steroid dienone is 4. The van der Waals surface area contributed by atoms with Gasteiger partial charge < -0.3 is 5.11 Å². The summed E-state index contributed by atoms with van der Waals surface area (Å²) in [7, 11) is 0. The van der Waals surface area contributed by atoms with E-state index in [4.69, 9.17) is 0 Å². The molecule has 0 saturated heterocycles. The summed E-state index contributed by atoms with van der Waals surface area (Å²) in [4.78, 5) is 0. The van der Waals surface area contributed by atoms with Gasteiger partial charge in [-0.15, -0.1) is 0 Å². The number of rotatable bonds is 3. The average molecular weight is 228 g/mol. The molecular weight excluding hydrogens is 208 g/mol. The standard InChI is InChI=1S/C16H20O/c1-5-12-13-10-11(4)8-9-15(13)16(17,7-3)14(12)6-2/h5-6,9-11,17H,1-2,7-8H2,3-4H3. The van der Waals surface area contributed by atoms with Crippen molar-refractivity contribution in [2.75, 3.05) is 0 Å². The van der Waals surface area contributed by atoms with Crippen LogP contribution in [0.3, 0.4) is 0 Å². The van der Waals surface area contributed by atoms with Crippen LogP contribution < -0.4 is 0 Å². The second-order valence-electron chi connectivity index (χ2n) is 4.86. The lowest BCUT2D eigenvalue weighted by atomic mass is 9.83. The van der Waals surface area contributed by atoms with Gasteiger partial charge in [0.1, 0.15) is 5.60 Å². The van der Waals surface area contributed by atoms with Gasteiger partial charge in [0, 0.05) is 0 Å². The van der Waals surface area contributed by atoms with Crippen LogP contribution in [0.2, 0.25) is 0 Å². The minimum Gasteiger partial charge on any atom is -0.380 e. The summed E-state index contributed by atoms with van der Waals surface area (Å²) in [5, 5.41) is 10.9. The highest BCUT2D eigenvalue weighted by molar-refractivity contribution is 5.70. The van der Waals surface area contributed by atoms with E-state index < -0.39 is 5.60 Å². The molecule has 2 aliphatic carbocycles. The van der Waals surface area contributed by atoms with Crippen molar-refractivity contribution in [3.05, 3.63) is 59.8 Å². The first-order chi connectivity index (χ1) is 8.08. The molecule has 0 spiro atoms. The van der Waals surface area contributed by atoms with Gasteiger partial charge >= 0.3 is 0 Å². The van der Waals surface area contributed by atoms with E-state index >= 15 is 0 Å². The summed E-state index contributed by atoms with van der Waals surface area (Å²) in [6.07, 6.45) is 9.68. The maximum Gasteiger partial charge on any atom is 0.115 e. The van der Waals surface area contributed by atoms with Gasteiger partial charge in [-0.25, -0.2) is 0 Å². The smallest absolute Gasteiger partial charge is 0.115 e. The summed E-state index contributed by atoms with van der Waals surface area (Å²) in [5.74, 6) is 0.522. The Balaban J connectivity index is 2.67. The van der Waals surface area contributed by atoms with Crippen LogP contribution in [0.4, 0.5) is 0 Å². The maximum atomic E-state index is 10.9. The van der Waals surface area contributed by atoms with Crippen molar-refractivity contribution in [2.45, 2.75) is 32.3 Å². The molecule has 1 N–H and O–H groups in total. The molecule has 0 heterocycles. The lowest BCUT2D eigenvalue weighted by molar-refractivity contribution is 0.122. The predicted octanol–water partition coefficient (Wildman–Crippen LogP) is 3.70. The van der Waals surface area contributed by atoms with Crippen LogP contribution in [0.15, 0.2) is 59.8 Å². The Morgan fingerprint density at radius 1 is 1.47 bits per heavy atom. The molecule has 2 rings (SSSR count). The molecule has 0 radical (unpaired) electrons. The Morgan fingerprint density at radius 2 is 2.18 bits per heavy atom. The molecule has 0 saturated carbocycles. The van der Waals surface area contributed by atoms with Crippen molar-refractivity contribution in [3.8, 4) is 0 Å². The summed E-state index contributed by atoms with van der Waals surface area (Å²) in [6.45, 7) is 11.9. The Hall–Kier alpha value is -1.34. The molecule has 2 aliphatic rings. The highest BCUT2D eigenvalue weighted by Crippen LogP contribution is 2.49. The van der Waals surface area contributed by atoms with Gasteiger partial charge in [0.15, 0.2) is 0 Å².